The molecule has 0 amide bonds. The van der Waals surface area contributed by atoms with Crippen molar-refractivity contribution in [2.45, 2.75) is 44.8 Å². The third-order valence-corrected chi connectivity index (χ3v) is 2.76. The van der Waals surface area contributed by atoms with E-state index >= 15 is 0 Å². The molecule has 1 unspecified atom stereocenters. The van der Waals surface area contributed by atoms with Crippen LogP contribution in [0.15, 0.2) is 12.4 Å². The summed E-state index contributed by atoms with van der Waals surface area (Å²) in [5.41, 5.74) is 0. The topological polar surface area (TPSA) is 29.9 Å². The lowest BCUT2D eigenvalue weighted by atomic mass is 10.1. The van der Waals surface area contributed by atoms with Crippen LogP contribution in [0.2, 0.25) is 0 Å². The molecule has 1 atom stereocenters. The zero-order chi connectivity index (χ0) is 13.6. The molecule has 0 radical (unpaired) electrons. The fourth-order valence-corrected chi connectivity index (χ4v) is 1.86. The summed E-state index contributed by atoms with van der Waals surface area (Å²) in [6.45, 7) is 2.81. The summed E-state index contributed by atoms with van der Waals surface area (Å²) in [6, 6.07) is -0.104. The Labute approximate surface area is 105 Å². The molecule has 0 aliphatic carbocycles. The average molecular weight is 263 g/mol. The highest BCUT2D eigenvalue weighted by Crippen LogP contribution is 2.25. The molecule has 0 saturated carbocycles. The summed E-state index contributed by atoms with van der Waals surface area (Å²) in [6.07, 6.45) is 0.181. The number of nitrogens with zero attached hydrogens (tertiary/aromatic N) is 2. The highest BCUT2D eigenvalue weighted by Gasteiger charge is 2.27. The van der Waals surface area contributed by atoms with Crippen molar-refractivity contribution in [1.82, 2.24) is 14.9 Å². The van der Waals surface area contributed by atoms with E-state index in [-0.39, 0.29) is 12.5 Å². The van der Waals surface area contributed by atoms with Gasteiger partial charge in [0.1, 0.15) is 5.82 Å². The van der Waals surface area contributed by atoms with Crippen LogP contribution in [0.1, 0.15) is 44.5 Å². The minimum atomic E-state index is -4.07. The summed E-state index contributed by atoms with van der Waals surface area (Å²) in [5.74, 6) is 0.797. The number of nitrogens with one attached hydrogen (secondary N) is 1. The number of alkyl halides is 3. The Balaban J connectivity index is 2.54. The second kappa shape index (κ2) is 6.78. The van der Waals surface area contributed by atoms with Gasteiger partial charge in [-0.25, -0.2) is 4.98 Å². The molecule has 18 heavy (non-hydrogen) atoms. The first-order valence-electron chi connectivity index (χ1n) is 6.21. The van der Waals surface area contributed by atoms with Crippen LogP contribution in [-0.2, 0) is 7.05 Å². The van der Waals surface area contributed by atoms with Gasteiger partial charge < -0.3 is 9.88 Å². The van der Waals surface area contributed by atoms with Crippen molar-refractivity contribution in [2.24, 2.45) is 7.05 Å². The Morgan fingerprint density at radius 2 is 2.17 bits per heavy atom. The van der Waals surface area contributed by atoms with E-state index in [1.54, 1.807) is 12.4 Å². The zero-order valence-corrected chi connectivity index (χ0v) is 10.8. The Morgan fingerprint density at radius 3 is 2.67 bits per heavy atom. The van der Waals surface area contributed by atoms with Gasteiger partial charge in [-0.15, -0.1) is 0 Å². The number of hydrogen-bond acceptors (Lipinski definition) is 2. The first kappa shape index (κ1) is 15.0. The number of halogens is 3. The van der Waals surface area contributed by atoms with Crippen LogP contribution in [0.5, 0.6) is 0 Å². The van der Waals surface area contributed by atoms with Crippen molar-refractivity contribution in [2.75, 3.05) is 6.54 Å². The van der Waals surface area contributed by atoms with E-state index in [2.05, 4.69) is 10.3 Å². The lowest BCUT2D eigenvalue weighted by Gasteiger charge is -2.18. The third kappa shape index (κ3) is 5.08. The predicted molar refractivity (Wildman–Crippen MR) is 64.1 cm³/mol. The summed E-state index contributed by atoms with van der Waals surface area (Å²) < 4.78 is 38.3. The largest absolute Gasteiger partial charge is 0.389 e. The Bertz CT molecular complexity index is 347. The van der Waals surface area contributed by atoms with E-state index in [0.717, 1.165) is 18.8 Å². The molecule has 6 heteroatoms. The van der Waals surface area contributed by atoms with E-state index in [4.69, 9.17) is 0 Å². The Kier molecular flexibility index (Phi) is 5.65. The van der Waals surface area contributed by atoms with Crippen LogP contribution in [0, 0.1) is 0 Å². The molecule has 1 N–H and O–H groups in total. The average Bonchev–Trinajstić information content (AvgIpc) is 2.68. The molecular formula is C12H20F3N3. The third-order valence-electron chi connectivity index (χ3n) is 2.76. The van der Waals surface area contributed by atoms with Crippen molar-refractivity contribution in [3.63, 3.8) is 0 Å². The van der Waals surface area contributed by atoms with Crippen LogP contribution in [0.25, 0.3) is 0 Å². The maximum Gasteiger partial charge on any atom is 0.389 e. The van der Waals surface area contributed by atoms with E-state index < -0.39 is 12.6 Å². The molecule has 0 spiro atoms. The SMILES string of the molecule is CCCNC(CCCC(F)(F)F)c1nccn1C. The number of imidazole rings is 1. The van der Waals surface area contributed by atoms with Crippen molar-refractivity contribution in [3.8, 4) is 0 Å². The molecular weight excluding hydrogens is 243 g/mol. The van der Waals surface area contributed by atoms with Gasteiger partial charge in [-0.1, -0.05) is 6.92 Å². The molecule has 0 fully saturated rings. The van der Waals surface area contributed by atoms with Crippen molar-refractivity contribution >= 4 is 0 Å². The van der Waals surface area contributed by atoms with E-state index in [0.29, 0.717) is 6.42 Å². The molecule has 3 nitrogen and oxygen atoms in total. The minimum absolute atomic E-state index is 0.104. The number of hydrogen-bond donors (Lipinski definition) is 1. The first-order chi connectivity index (χ1) is 8.44. The van der Waals surface area contributed by atoms with Gasteiger partial charge in [-0.2, -0.15) is 13.2 Å². The molecule has 0 saturated heterocycles. The van der Waals surface area contributed by atoms with E-state index in [9.17, 15) is 13.2 Å². The number of rotatable bonds is 7. The van der Waals surface area contributed by atoms with E-state index in [1.807, 2.05) is 18.5 Å². The fourth-order valence-electron chi connectivity index (χ4n) is 1.86. The maximum atomic E-state index is 12.1. The highest BCUT2D eigenvalue weighted by atomic mass is 19.4. The molecule has 0 aliphatic rings. The second-order valence-corrected chi connectivity index (χ2v) is 4.41. The smallest absolute Gasteiger partial charge is 0.337 e. The summed E-state index contributed by atoms with van der Waals surface area (Å²) in [4.78, 5) is 4.20. The first-order valence-corrected chi connectivity index (χ1v) is 6.21. The van der Waals surface area contributed by atoms with Gasteiger partial charge in [0, 0.05) is 25.9 Å². The van der Waals surface area contributed by atoms with Crippen LogP contribution in [-0.4, -0.2) is 22.3 Å². The van der Waals surface area contributed by atoms with Gasteiger partial charge in [0.05, 0.1) is 6.04 Å². The standard InChI is InChI=1S/C12H20F3N3/c1-3-7-16-10(5-4-6-12(13,14)15)11-17-8-9-18(11)2/h8-10,16H,3-7H2,1-2H3. The molecule has 0 bridgehead atoms. The Morgan fingerprint density at radius 1 is 1.44 bits per heavy atom. The summed E-state index contributed by atoms with van der Waals surface area (Å²) in [7, 11) is 1.85. The van der Waals surface area contributed by atoms with Crippen molar-refractivity contribution < 1.29 is 13.2 Å². The van der Waals surface area contributed by atoms with Gasteiger partial charge in [0.15, 0.2) is 0 Å². The lowest BCUT2D eigenvalue weighted by Crippen LogP contribution is -2.25. The van der Waals surface area contributed by atoms with Gasteiger partial charge in [0.2, 0.25) is 0 Å². The van der Waals surface area contributed by atoms with Crippen LogP contribution < -0.4 is 5.32 Å². The molecule has 104 valence electrons. The highest BCUT2D eigenvalue weighted by molar-refractivity contribution is 4.98. The van der Waals surface area contributed by atoms with E-state index in [1.165, 1.54) is 0 Å². The molecule has 1 heterocycles. The number of aryl methyl sites for hydroxylation is 1. The van der Waals surface area contributed by atoms with Crippen molar-refractivity contribution in [1.29, 1.82) is 0 Å². The maximum absolute atomic E-state index is 12.1. The van der Waals surface area contributed by atoms with Gasteiger partial charge >= 0.3 is 6.18 Å². The molecule has 0 aromatic carbocycles. The van der Waals surface area contributed by atoms with Gasteiger partial charge in [-0.3, -0.25) is 0 Å². The normalized spacial score (nSPS) is 13.8. The fraction of sp³-hybridized carbons (Fsp3) is 0.750. The molecule has 1 aromatic heterocycles. The quantitative estimate of drug-likeness (QED) is 0.818. The predicted octanol–water partition coefficient (Wildman–Crippen LogP) is 3.19. The molecule has 0 aliphatic heterocycles. The monoisotopic (exact) mass is 263 g/mol. The van der Waals surface area contributed by atoms with Crippen LogP contribution in [0.4, 0.5) is 13.2 Å². The summed E-state index contributed by atoms with van der Waals surface area (Å²) >= 11 is 0. The van der Waals surface area contributed by atoms with Gasteiger partial charge in [-0.05, 0) is 25.8 Å². The summed E-state index contributed by atoms with van der Waals surface area (Å²) in [5, 5.41) is 3.25. The second-order valence-electron chi connectivity index (χ2n) is 4.41. The minimum Gasteiger partial charge on any atom is -0.337 e. The van der Waals surface area contributed by atoms with Crippen molar-refractivity contribution in [3.05, 3.63) is 18.2 Å². The van der Waals surface area contributed by atoms with Crippen LogP contribution in [0.3, 0.4) is 0 Å². The lowest BCUT2D eigenvalue weighted by molar-refractivity contribution is -0.135. The zero-order valence-electron chi connectivity index (χ0n) is 10.8. The molecule has 1 rings (SSSR count). The Hall–Kier alpha value is -1.04. The van der Waals surface area contributed by atoms with Crippen LogP contribution >= 0.6 is 0 Å². The van der Waals surface area contributed by atoms with Gasteiger partial charge in [0.25, 0.3) is 0 Å². The molecule has 1 aromatic rings. The number of aromatic nitrogens is 2.